The van der Waals surface area contributed by atoms with Gasteiger partial charge in [0.05, 0.1) is 11.1 Å². The first kappa shape index (κ1) is 16.8. The minimum absolute atomic E-state index is 0.00297. The lowest BCUT2D eigenvalue weighted by Gasteiger charge is -2.19. The summed E-state index contributed by atoms with van der Waals surface area (Å²) in [6.07, 6.45) is 0. The maximum Gasteiger partial charge on any atom is 0.279 e. The summed E-state index contributed by atoms with van der Waals surface area (Å²) >= 11 is 0. The summed E-state index contributed by atoms with van der Waals surface area (Å²) in [5.41, 5.74) is -0.512. The molecule has 1 heterocycles. The molecule has 1 amide bonds. The quantitative estimate of drug-likeness (QED) is 0.735. The van der Waals surface area contributed by atoms with E-state index in [4.69, 9.17) is 0 Å². The van der Waals surface area contributed by atoms with Crippen LogP contribution >= 0.6 is 0 Å². The van der Waals surface area contributed by atoms with Crippen LogP contribution in [-0.4, -0.2) is 22.7 Å². The molecule has 0 bridgehead atoms. The molecule has 128 valence electrons. The largest absolute Gasteiger partial charge is 0.307 e. The molecule has 0 spiro atoms. The van der Waals surface area contributed by atoms with E-state index in [0.29, 0.717) is 10.8 Å². The van der Waals surface area contributed by atoms with Crippen molar-refractivity contribution in [2.24, 2.45) is 0 Å². The van der Waals surface area contributed by atoms with E-state index in [1.807, 2.05) is 0 Å². The number of benzene rings is 2. The number of amides is 1. The van der Waals surface area contributed by atoms with E-state index in [9.17, 15) is 18.4 Å². The standard InChI is InChI=1S/C18H15F2N3O2/c1-3-23-17(24)13-7-5-4-6-12(13)16(21-23)18(25)22(2)15-10-11(19)8-9-14(15)20/h4-10H,3H2,1-2H3. The van der Waals surface area contributed by atoms with Gasteiger partial charge in [0, 0.05) is 25.0 Å². The highest BCUT2D eigenvalue weighted by molar-refractivity contribution is 6.12. The first-order valence-electron chi connectivity index (χ1n) is 7.67. The zero-order chi connectivity index (χ0) is 18.1. The highest BCUT2D eigenvalue weighted by Gasteiger charge is 2.22. The fraction of sp³-hybridized carbons (Fsp3) is 0.167. The van der Waals surface area contributed by atoms with Gasteiger partial charge in [-0.15, -0.1) is 0 Å². The molecule has 0 fully saturated rings. The Kier molecular flexibility index (Phi) is 4.31. The van der Waals surface area contributed by atoms with Gasteiger partial charge in [-0.3, -0.25) is 9.59 Å². The molecule has 0 aliphatic heterocycles. The van der Waals surface area contributed by atoms with Crippen LogP contribution in [0.2, 0.25) is 0 Å². The Morgan fingerprint density at radius 2 is 1.84 bits per heavy atom. The van der Waals surface area contributed by atoms with Crippen molar-refractivity contribution in [3.8, 4) is 0 Å². The Morgan fingerprint density at radius 1 is 1.16 bits per heavy atom. The highest BCUT2D eigenvalue weighted by atomic mass is 19.1. The van der Waals surface area contributed by atoms with Gasteiger partial charge in [0.1, 0.15) is 11.6 Å². The van der Waals surface area contributed by atoms with Gasteiger partial charge in [0.2, 0.25) is 0 Å². The Bertz CT molecular complexity index is 1030. The maximum absolute atomic E-state index is 14.0. The number of hydrogen-bond acceptors (Lipinski definition) is 3. The van der Waals surface area contributed by atoms with Crippen LogP contribution in [0.1, 0.15) is 17.4 Å². The average Bonchev–Trinajstić information content (AvgIpc) is 2.63. The van der Waals surface area contributed by atoms with E-state index in [1.165, 1.54) is 11.7 Å². The predicted molar refractivity (Wildman–Crippen MR) is 90.8 cm³/mol. The molecule has 0 aliphatic rings. The van der Waals surface area contributed by atoms with E-state index in [2.05, 4.69) is 5.10 Å². The van der Waals surface area contributed by atoms with E-state index in [0.717, 1.165) is 23.1 Å². The molecule has 0 radical (unpaired) electrons. The third kappa shape index (κ3) is 2.88. The Balaban J connectivity index is 2.18. The average molecular weight is 343 g/mol. The van der Waals surface area contributed by atoms with Crippen LogP contribution in [0.5, 0.6) is 0 Å². The summed E-state index contributed by atoms with van der Waals surface area (Å²) in [5, 5.41) is 4.82. The topological polar surface area (TPSA) is 55.2 Å². The van der Waals surface area contributed by atoms with Crippen molar-refractivity contribution in [3.63, 3.8) is 0 Å². The van der Waals surface area contributed by atoms with E-state index in [1.54, 1.807) is 31.2 Å². The SMILES string of the molecule is CCn1nc(C(=O)N(C)c2cc(F)ccc2F)c2ccccc2c1=O. The Morgan fingerprint density at radius 3 is 2.52 bits per heavy atom. The first-order chi connectivity index (χ1) is 11.9. The molecular weight excluding hydrogens is 328 g/mol. The van der Waals surface area contributed by atoms with Gasteiger partial charge in [0.25, 0.3) is 11.5 Å². The number of nitrogens with zero attached hydrogens (tertiary/aromatic N) is 3. The number of aromatic nitrogens is 2. The monoisotopic (exact) mass is 343 g/mol. The van der Waals surface area contributed by atoms with Crippen molar-refractivity contribution in [1.29, 1.82) is 0 Å². The van der Waals surface area contributed by atoms with Crippen molar-refractivity contribution in [2.75, 3.05) is 11.9 Å². The van der Waals surface area contributed by atoms with Gasteiger partial charge in [-0.1, -0.05) is 18.2 Å². The van der Waals surface area contributed by atoms with Gasteiger partial charge in [0.15, 0.2) is 5.69 Å². The number of hydrogen-bond donors (Lipinski definition) is 0. The molecule has 0 aliphatic carbocycles. The molecule has 0 atom stereocenters. The number of halogens is 2. The van der Waals surface area contributed by atoms with E-state index < -0.39 is 17.5 Å². The smallest absolute Gasteiger partial charge is 0.279 e. The Hall–Kier alpha value is -3.09. The number of rotatable bonds is 3. The number of carbonyl (C=O) groups is 1. The molecule has 0 saturated heterocycles. The fourth-order valence-corrected chi connectivity index (χ4v) is 2.62. The van der Waals surface area contributed by atoms with Gasteiger partial charge in [-0.2, -0.15) is 5.10 Å². The van der Waals surface area contributed by atoms with Crippen molar-refractivity contribution < 1.29 is 13.6 Å². The molecule has 2 aromatic carbocycles. The molecule has 25 heavy (non-hydrogen) atoms. The third-order valence-electron chi connectivity index (χ3n) is 3.94. The maximum atomic E-state index is 14.0. The number of aryl methyl sites for hydroxylation is 1. The summed E-state index contributed by atoms with van der Waals surface area (Å²) in [5.74, 6) is -2.03. The summed E-state index contributed by atoms with van der Waals surface area (Å²) in [4.78, 5) is 26.2. The van der Waals surface area contributed by atoms with Crippen molar-refractivity contribution >= 4 is 22.4 Å². The lowest BCUT2D eigenvalue weighted by atomic mass is 10.1. The van der Waals surface area contributed by atoms with Crippen LogP contribution in [0, 0.1) is 11.6 Å². The molecule has 3 rings (SSSR count). The van der Waals surface area contributed by atoms with Crippen LogP contribution in [0.25, 0.3) is 10.8 Å². The van der Waals surface area contributed by atoms with E-state index in [-0.39, 0.29) is 23.5 Å². The summed E-state index contributed by atoms with van der Waals surface area (Å²) in [6, 6.07) is 9.44. The highest BCUT2D eigenvalue weighted by Crippen LogP contribution is 2.22. The number of carbonyl (C=O) groups excluding carboxylic acids is 1. The minimum atomic E-state index is -0.731. The Labute approximate surface area is 142 Å². The van der Waals surface area contributed by atoms with Crippen molar-refractivity contribution in [2.45, 2.75) is 13.5 Å². The molecule has 7 heteroatoms. The molecule has 1 aromatic heterocycles. The van der Waals surface area contributed by atoms with Gasteiger partial charge in [-0.25, -0.2) is 13.5 Å². The van der Waals surface area contributed by atoms with Gasteiger partial charge < -0.3 is 4.90 Å². The minimum Gasteiger partial charge on any atom is -0.307 e. The first-order valence-corrected chi connectivity index (χ1v) is 7.67. The lowest BCUT2D eigenvalue weighted by molar-refractivity contribution is 0.0987. The zero-order valence-corrected chi connectivity index (χ0v) is 13.7. The normalized spacial score (nSPS) is 10.9. The van der Waals surface area contributed by atoms with Crippen LogP contribution in [0.3, 0.4) is 0 Å². The molecule has 5 nitrogen and oxygen atoms in total. The van der Waals surface area contributed by atoms with Crippen LogP contribution in [0.15, 0.2) is 47.3 Å². The van der Waals surface area contributed by atoms with Gasteiger partial charge in [-0.05, 0) is 25.1 Å². The van der Waals surface area contributed by atoms with Crippen molar-refractivity contribution in [3.05, 3.63) is 70.1 Å². The molecule has 0 unspecified atom stereocenters. The lowest BCUT2D eigenvalue weighted by Crippen LogP contribution is -2.32. The zero-order valence-electron chi connectivity index (χ0n) is 13.7. The summed E-state index contributed by atoms with van der Waals surface area (Å²) < 4.78 is 28.6. The van der Waals surface area contributed by atoms with Crippen LogP contribution in [0.4, 0.5) is 14.5 Å². The molecular formula is C18H15F2N3O2. The second-order valence-corrected chi connectivity index (χ2v) is 5.48. The third-order valence-corrected chi connectivity index (χ3v) is 3.94. The molecule has 0 N–H and O–H groups in total. The fourth-order valence-electron chi connectivity index (χ4n) is 2.62. The molecule has 3 aromatic rings. The summed E-state index contributed by atoms with van der Waals surface area (Å²) in [7, 11) is 1.33. The number of anilines is 1. The van der Waals surface area contributed by atoms with Gasteiger partial charge >= 0.3 is 0 Å². The summed E-state index contributed by atoms with van der Waals surface area (Å²) in [6.45, 7) is 2.01. The number of fused-ring (bicyclic) bond motifs is 1. The second-order valence-electron chi connectivity index (χ2n) is 5.48. The molecule has 0 saturated carbocycles. The van der Waals surface area contributed by atoms with E-state index >= 15 is 0 Å². The van der Waals surface area contributed by atoms with Crippen LogP contribution in [-0.2, 0) is 6.54 Å². The predicted octanol–water partition coefficient (Wildman–Crippen LogP) is 2.97. The second kappa shape index (κ2) is 6.43. The van der Waals surface area contributed by atoms with Crippen molar-refractivity contribution in [1.82, 2.24) is 9.78 Å². The van der Waals surface area contributed by atoms with Crippen LogP contribution < -0.4 is 10.5 Å².